The summed E-state index contributed by atoms with van der Waals surface area (Å²) in [6.45, 7) is 1.87. The van der Waals surface area contributed by atoms with Gasteiger partial charge in [0.05, 0.1) is 18.1 Å². The van der Waals surface area contributed by atoms with Crippen LogP contribution in [0.1, 0.15) is 37.7 Å². The summed E-state index contributed by atoms with van der Waals surface area (Å²) < 4.78 is 18.9. The van der Waals surface area contributed by atoms with Crippen LogP contribution in [0.5, 0.6) is 0 Å². The Morgan fingerprint density at radius 1 is 1.16 bits per heavy atom. The number of Topliss-reactive ketones (excluding diaryl/α,β-unsaturated/α-hetero) is 1. The van der Waals surface area contributed by atoms with Gasteiger partial charge in [-0.2, -0.15) is 0 Å². The second-order valence-electron chi connectivity index (χ2n) is 7.45. The summed E-state index contributed by atoms with van der Waals surface area (Å²) >= 11 is 6.05. The Bertz CT molecular complexity index is 1090. The zero-order chi connectivity index (χ0) is 22.1. The molecule has 0 unspecified atom stereocenters. The van der Waals surface area contributed by atoms with Gasteiger partial charge in [-0.1, -0.05) is 23.7 Å². The quantitative estimate of drug-likeness (QED) is 0.690. The van der Waals surface area contributed by atoms with Crippen molar-refractivity contribution in [1.82, 2.24) is 0 Å². The van der Waals surface area contributed by atoms with E-state index in [-0.39, 0.29) is 23.8 Å². The fraction of sp³-hybridized carbons (Fsp3) is 0.250. The third kappa shape index (κ3) is 3.83. The normalized spacial score (nSPS) is 18.9. The van der Waals surface area contributed by atoms with E-state index in [2.05, 4.69) is 0 Å². The summed E-state index contributed by atoms with van der Waals surface area (Å²) in [5.41, 5.74) is 9.33. The molecule has 7 heteroatoms. The van der Waals surface area contributed by atoms with Crippen molar-refractivity contribution >= 4 is 29.0 Å². The Morgan fingerprint density at radius 3 is 2.48 bits per heavy atom. The maximum Gasteiger partial charge on any atom is 0.338 e. The van der Waals surface area contributed by atoms with Crippen LogP contribution in [0, 0.1) is 5.82 Å². The van der Waals surface area contributed by atoms with Gasteiger partial charge >= 0.3 is 5.97 Å². The van der Waals surface area contributed by atoms with Crippen LogP contribution in [-0.2, 0) is 14.3 Å². The Labute approximate surface area is 184 Å². The summed E-state index contributed by atoms with van der Waals surface area (Å²) in [6, 6.07) is 12.8. The summed E-state index contributed by atoms with van der Waals surface area (Å²) in [6.07, 6.45) is 1.68. The molecule has 2 N–H and O–H groups in total. The average molecular weight is 441 g/mol. The van der Waals surface area contributed by atoms with Crippen LogP contribution >= 0.6 is 11.6 Å². The van der Waals surface area contributed by atoms with E-state index in [1.807, 2.05) is 0 Å². The van der Waals surface area contributed by atoms with Crippen LogP contribution in [0.15, 0.2) is 71.2 Å². The van der Waals surface area contributed by atoms with Gasteiger partial charge in [0.15, 0.2) is 5.78 Å². The number of anilines is 1. The van der Waals surface area contributed by atoms with Crippen LogP contribution in [0.2, 0.25) is 5.02 Å². The molecule has 160 valence electrons. The van der Waals surface area contributed by atoms with Gasteiger partial charge in [-0.05, 0) is 61.7 Å². The van der Waals surface area contributed by atoms with Gasteiger partial charge in [-0.3, -0.25) is 9.69 Å². The molecule has 2 aromatic carbocycles. The second kappa shape index (κ2) is 8.55. The number of rotatable bonds is 4. The molecule has 0 saturated carbocycles. The van der Waals surface area contributed by atoms with Gasteiger partial charge in [0.1, 0.15) is 11.6 Å². The third-order valence-corrected chi connectivity index (χ3v) is 5.83. The molecule has 0 bridgehead atoms. The molecule has 0 saturated heterocycles. The first kappa shape index (κ1) is 21.1. The Morgan fingerprint density at radius 2 is 1.84 bits per heavy atom. The van der Waals surface area contributed by atoms with E-state index in [0.29, 0.717) is 41.1 Å². The Kier molecular flexibility index (Phi) is 5.83. The van der Waals surface area contributed by atoms with Crippen molar-refractivity contribution in [3.63, 3.8) is 0 Å². The second-order valence-corrected chi connectivity index (χ2v) is 7.89. The Hall–Kier alpha value is -3.12. The van der Waals surface area contributed by atoms with Crippen molar-refractivity contribution in [3.8, 4) is 0 Å². The number of allylic oxidation sites excluding steroid dienone is 2. The molecule has 2 aliphatic rings. The van der Waals surface area contributed by atoms with Crippen molar-refractivity contribution in [2.24, 2.45) is 5.73 Å². The highest BCUT2D eigenvalue weighted by molar-refractivity contribution is 6.30. The molecule has 1 aliphatic heterocycles. The number of nitrogens with zero attached hydrogens (tertiary/aromatic N) is 1. The lowest BCUT2D eigenvalue weighted by Crippen LogP contribution is -2.41. The zero-order valence-corrected chi connectivity index (χ0v) is 17.8. The summed E-state index contributed by atoms with van der Waals surface area (Å²) in [7, 11) is 0. The fourth-order valence-corrected chi connectivity index (χ4v) is 4.40. The van der Waals surface area contributed by atoms with Gasteiger partial charge in [-0.15, -0.1) is 0 Å². The predicted molar refractivity (Wildman–Crippen MR) is 117 cm³/mol. The van der Waals surface area contributed by atoms with E-state index < -0.39 is 17.7 Å². The third-order valence-electron chi connectivity index (χ3n) is 5.58. The van der Waals surface area contributed by atoms with E-state index in [1.165, 1.54) is 12.1 Å². The highest BCUT2D eigenvalue weighted by Gasteiger charge is 2.43. The summed E-state index contributed by atoms with van der Waals surface area (Å²) in [5, 5.41) is 0.562. The van der Waals surface area contributed by atoms with E-state index in [4.69, 9.17) is 22.1 Å². The van der Waals surface area contributed by atoms with Crippen LogP contribution < -0.4 is 10.6 Å². The van der Waals surface area contributed by atoms with Crippen LogP contribution in [0.4, 0.5) is 10.1 Å². The fourth-order valence-electron chi connectivity index (χ4n) is 4.27. The first-order chi connectivity index (χ1) is 14.9. The number of hydrogen-bond donors (Lipinski definition) is 1. The molecule has 0 spiro atoms. The van der Waals surface area contributed by atoms with Gasteiger partial charge in [0.2, 0.25) is 0 Å². The maximum absolute atomic E-state index is 13.6. The smallest absolute Gasteiger partial charge is 0.338 e. The number of hydrogen-bond acceptors (Lipinski definition) is 5. The molecule has 31 heavy (non-hydrogen) atoms. The Balaban J connectivity index is 1.98. The number of halogens is 2. The molecule has 1 atom stereocenters. The van der Waals surface area contributed by atoms with Crippen molar-refractivity contribution in [2.75, 3.05) is 11.5 Å². The topological polar surface area (TPSA) is 72.6 Å². The van der Waals surface area contributed by atoms with E-state index >= 15 is 0 Å². The van der Waals surface area contributed by atoms with E-state index in [1.54, 1.807) is 48.2 Å². The first-order valence-corrected chi connectivity index (χ1v) is 10.5. The molecule has 1 heterocycles. The predicted octanol–water partition coefficient (Wildman–Crippen LogP) is 4.82. The summed E-state index contributed by atoms with van der Waals surface area (Å²) in [4.78, 5) is 27.9. The molecule has 0 aromatic heterocycles. The highest BCUT2D eigenvalue weighted by Crippen LogP contribution is 2.46. The minimum Gasteiger partial charge on any atom is -0.463 e. The number of carbonyl (C=O) groups is 2. The number of nitrogens with two attached hydrogens (primary N) is 1. The minimum absolute atomic E-state index is 0.0520. The van der Waals surface area contributed by atoms with Crippen molar-refractivity contribution in [2.45, 2.75) is 32.1 Å². The van der Waals surface area contributed by atoms with Crippen LogP contribution in [0.3, 0.4) is 0 Å². The lowest BCUT2D eigenvalue weighted by atomic mass is 9.75. The lowest BCUT2D eigenvalue weighted by Gasteiger charge is -2.40. The van der Waals surface area contributed by atoms with Gasteiger partial charge in [-0.25, -0.2) is 9.18 Å². The molecule has 5 nitrogen and oxygen atoms in total. The van der Waals surface area contributed by atoms with E-state index in [9.17, 15) is 14.0 Å². The van der Waals surface area contributed by atoms with Gasteiger partial charge in [0, 0.05) is 28.4 Å². The number of ether oxygens (including phenoxy) is 1. The maximum atomic E-state index is 13.6. The molecule has 0 amide bonds. The molecular formula is C24H22ClFN2O3. The largest absolute Gasteiger partial charge is 0.463 e. The molecule has 4 rings (SSSR count). The zero-order valence-electron chi connectivity index (χ0n) is 17.0. The monoisotopic (exact) mass is 440 g/mol. The molecule has 0 radical (unpaired) electrons. The number of benzene rings is 2. The standard InChI is InChI=1S/C24H22ClFN2O3/c1-2-31-24(30)22-20(14-6-10-16(26)11-7-14)21-18(4-3-5-19(21)29)28(23(22)27)17-12-8-15(25)9-13-17/h6-13,20H,2-5,27H2,1H3/t20-/m0/s1. The van der Waals surface area contributed by atoms with Crippen LogP contribution in [0.25, 0.3) is 0 Å². The van der Waals surface area contributed by atoms with Gasteiger partial charge in [0.25, 0.3) is 0 Å². The van der Waals surface area contributed by atoms with Crippen LogP contribution in [-0.4, -0.2) is 18.4 Å². The highest BCUT2D eigenvalue weighted by atomic mass is 35.5. The molecular weight excluding hydrogens is 419 g/mol. The van der Waals surface area contributed by atoms with E-state index in [0.717, 1.165) is 5.70 Å². The van der Waals surface area contributed by atoms with Crippen molar-refractivity contribution in [1.29, 1.82) is 0 Å². The van der Waals surface area contributed by atoms with Gasteiger partial charge < -0.3 is 10.5 Å². The first-order valence-electron chi connectivity index (χ1n) is 10.2. The molecule has 0 fully saturated rings. The summed E-state index contributed by atoms with van der Waals surface area (Å²) in [5.74, 6) is -1.57. The number of ketones is 1. The minimum atomic E-state index is -0.717. The van der Waals surface area contributed by atoms with Crippen molar-refractivity contribution < 1.29 is 18.7 Å². The molecule has 1 aliphatic carbocycles. The SMILES string of the molecule is CCOC(=O)C1=C(N)N(c2ccc(Cl)cc2)C2=C(C(=O)CCC2)[C@@H]1c1ccc(F)cc1. The average Bonchev–Trinajstić information content (AvgIpc) is 2.75. The molecule has 2 aromatic rings. The van der Waals surface area contributed by atoms with Crippen molar-refractivity contribution in [3.05, 3.63) is 87.6 Å². The number of esters is 1. The lowest BCUT2D eigenvalue weighted by molar-refractivity contribution is -0.138. The number of carbonyl (C=O) groups excluding carboxylic acids is 2.